The number of fused-ring (bicyclic) bond motifs is 2. The smallest absolute Gasteiger partial charge is 0.407 e. The van der Waals surface area contributed by atoms with E-state index in [9.17, 15) is 19.2 Å². The number of allylic oxidation sites excluding steroid dienone is 1. The summed E-state index contributed by atoms with van der Waals surface area (Å²) in [6.07, 6.45) is 16.9. The van der Waals surface area contributed by atoms with Gasteiger partial charge in [-0.1, -0.05) is 101 Å². The zero-order valence-corrected chi connectivity index (χ0v) is 42.2. The van der Waals surface area contributed by atoms with Gasteiger partial charge < -0.3 is 34.9 Å². The van der Waals surface area contributed by atoms with Crippen LogP contribution in [0.15, 0.2) is 78.1 Å². The van der Waals surface area contributed by atoms with Crippen molar-refractivity contribution in [2.45, 2.75) is 141 Å². The number of ether oxygens (including phenoxy) is 2. The van der Waals surface area contributed by atoms with Gasteiger partial charge in [0.05, 0.1) is 38.2 Å². The lowest BCUT2D eigenvalue weighted by molar-refractivity contribution is -0.136. The Morgan fingerprint density at radius 2 is 1.18 bits per heavy atom. The van der Waals surface area contributed by atoms with Crippen LogP contribution in [0.4, 0.5) is 9.59 Å². The predicted octanol–water partition coefficient (Wildman–Crippen LogP) is 10.6. The van der Waals surface area contributed by atoms with Crippen LogP contribution in [0.5, 0.6) is 0 Å². The minimum Gasteiger partial charge on any atom is -0.453 e. The number of hydrogen-bond acceptors (Lipinski definition) is 8. The van der Waals surface area contributed by atoms with Crippen molar-refractivity contribution in [2.24, 2.45) is 27.7 Å². The number of nitrogens with zero attached hydrogens (tertiary/aromatic N) is 4. The Kier molecular flexibility index (Phi) is 12.0. The van der Waals surface area contributed by atoms with Gasteiger partial charge >= 0.3 is 12.2 Å². The van der Waals surface area contributed by atoms with Crippen LogP contribution in [0, 0.1) is 22.7 Å². The number of amides is 4. The highest BCUT2D eigenvalue weighted by atomic mass is 16.5. The first-order valence-electron chi connectivity index (χ1n) is 26.2. The number of aliphatic imine (C=N–C) groups is 1. The lowest BCUT2D eigenvalue weighted by Crippen LogP contribution is -2.53. The summed E-state index contributed by atoms with van der Waals surface area (Å²) in [5.41, 5.74) is 13.9. The third-order valence-corrected chi connectivity index (χ3v) is 17.7. The van der Waals surface area contributed by atoms with E-state index in [2.05, 4.69) is 76.3 Å². The third-order valence-electron chi connectivity index (χ3n) is 17.7. The minimum absolute atomic E-state index is 0.0547. The first-order chi connectivity index (χ1) is 34.2. The number of methoxy groups -OCH3 is 2. The van der Waals surface area contributed by atoms with Crippen molar-refractivity contribution in [2.75, 3.05) is 27.3 Å². The first kappa shape index (κ1) is 47.1. The lowest BCUT2D eigenvalue weighted by Gasteiger charge is -2.31. The maximum atomic E-state index is 14.1. The Morgan fingerprint density at radius 1 is 0.662 bits per heavy atom. The van der Waals surface area contributed by atoms with E-state index in [0.29, 0.717) is 19.5 Å². The van der Waals surface area contributed by atoms with Gasteiger partial charge in [-0.25, -0.2) is 14.6 Å². The number of imidazole rings is 1. The number of aromatic nitrogens is 2. The van der Waals surface area contributed by atoms with E-state index in [1.165, 1.54) is 79.7 Å². The summed E-state index contributed by atoms with van der Waals surface area (Å²) in [7, 11) is 2.65. The van der Waals surface area contributed by atoms with Crippen LogP contribution in [0.2, 0.25) is 0 Å². The molecular weight excluding hydrogens is 891 g/mol. The fraction of sp³-hybridized carbons (Fsp3) is 0.517. The lowest BCUT2D eigenvalue weighted by atomic mass is 9.76. The second kappa shape index (κ2) is 18.1. The number of rotatable bonds is 12. The molecule has 3 aromatic carbocycles. The molecule has 3 N–H and O–H groups in total. The van der Waals surface area contributed by atoms with Gasteiger partial charge in [0, 0.05) is 31.4 Å². The molecule has 3 aliphatic heterocycles. The average Bonchev–Trinajstić information content (AvgIpc) is 3.81. The fourth-order valence-electron chi connectivity index (χ4n) is 13.2. The summed E-state index contributed by atoms with van der Waals surface area (Å²) in [5.74, 6) is 0.457. The summed E-state index contributed by atoms with van der Waals surface area (Å²) in [6, 6.07) is 21.0. The molecule has 71 heavy (non-hydrogen) atoms. The first-order valence-corrected chi connectivity index (χ1v) is 26.2. The molecule has 4 amide bonds. The number of H-pyrrole nitrogens is 1. The molecule has 5 fully saturated rings. The average molecular weight is 960 g/mol. The van der Waals surface area contributed by atoms with Gasteiger partial charge in [0.25, 0.3) is 0 Å². The Labute approximate surface area is 417 Å². The minimum atomic E-state index is -0.681. The SMILES string of the molecule is COC(=O)N[C@H](C(=O)N1CC2(CC2)C[C@H]1C1=NC=C(c2ccc(-c3ccc(-c4ccc(-c5cnc([C@@H]6CC7(CC7)CN6C(=O)[C@@H](NC(=O)OC)C(C)C)[nH]5)cc4)c4c3CCC43CCCC3)cc2)C1)C(C)C. The maximum absolute atomic E-state index is 14.1. The standard InChI is InChI=1S/C58H69N7O6/c1-34(2)49(62-54(68)70-5)52(66)64-32-56(23-24-56)28-46(64)44-27-40(30-59-44)36-9-11-37(12-10-36)41-17-18-42(48-43(41)19-22-58(48)20-7-8-21-58)38-13-15-39(16-14-38)45-31-60-51(61-45)47-29-57(25-26-57)33-65(47)53(67)50(35(3)4)63-55(69)71-6/h9-18,30-31,34-35,46-47,49-50H,7-8,19-29,32-33H2,1-6H3,(H,60,61)(H,62,68)(H,63,69)/t46-,47-,49-,50-/m0/s1. The zero-order chi connectivity index (χ0) is 49.4. The van der Waals surface area contributed by atoms with Crippen LogP contribution in [0.25, 0.3) is 39.1 Å². The molecule has 4 aromatic rings. The van der Waals surface area contributed by atoms with Crippen LogP contribution in [-0.4, -0.2) is 94.9 Å². The largest absolute Gasteiger partial charge is 0.453 e. The number of nitrogens with one attached hydrogen (secondary N) is 3. The van der Waals surface area contributed by atoms with Gasteiger partial charge in [0.2, 0.25) is 11.8 Å². The van der Waals surface area contributed by atoms with Gasteiger partial charge in [-0.15, -0.1) is 0 Å². The highest BCUT2D eigenvalue weighted by Gasteiger charge is 2.57. The normalized spacial score (nSPS) is 22.8. The number of alkyl carbamates (subject to hydrolysis) is 2. The predicted molar refractivity (Wildman–Crippen MR) is 274 cm³/mol. The number of aromatic amines is 1. The molecule has 3 saturated carbocycles. The second-order valence-corrected chi connectivity index (χ2v) is 22.9. The quantitative estimate of drug-likeness (QED) is 0.128. The van der Waals surface area contributed by atoms with E-state index < -0.39 is 24.3 Å². The van der Waals surface area contributed by atoms with E-state index in [1.54, 1.807) is 0 Å². The molecule has 13 nitrogen and oxygen atoms in total. The van der Waals surface area contributed by atoms with E-state index in [-0.39, 0.29) is 52.0 Å². The van der Waals surface area contributed by atoms with Gasteiger partial charge in [0.1, 0.15) is 17.9 Å². The Hall–Kier alpha value is -6.24. The van der Waals surface area contributed by atoms with Gasteiger partial charge in [0.15, 0.2) is 0 Å². The number of likely N-dealkylation sites (tertiary alicyclic amines) is 2. The van der Waals surface area contributed by atoms with Gasteiger partial charge in [-0.05, 0) is 142 Å². The van der Waals surface area contributed by atoms with E-state index in [0.717, 1.165) is 78.9 Å². The van der Waals surface area contributed by atoms with E-state index in [4.69, 9.17) is 19.5 Å². The number of carbonyl (C=O) groups is 4. The van der Waals surface area contributed by atoms with Crippen molar-refractivity contribution in [1.82, 2.24) is 30.4 Å². The molecule has 1 aromatic heterocycles. The van der Waals surface area contributed by atoms with Crippen molar-refractivity contribution in [3.8, 4) is 33.5 Å². The summed E-state index contributed by atoms with van der Waals surface area (Å²) in [4.78, 5) is 70.0. The molecule has 4 aliphatic carbocycles. The Bertz CT molecular complexity index is 2810. The molecular formula is C58H69N7O6. The van der Waals surface area contributed by atoms with Crippen LogP contribution in [-0.2, 0) is 30.9 Å². The van der Waals surface area contributed by atoms with Crippen molar-refractivity contribution in [3.63, 3.8) is 0 Å². The third kappa shape index (κ3) is 8.64. The van der Waals surface area contributed by atoms with Gasteiger partial charge in [-0.3, -0.25) is 14.6 Å². The molecule has 0 unspecified atom stereocenters. The highest BCUT2D eigenvalue weighted by Crippen LogP contribution is 2.59. The summed E-state index contributed by atoms with van der Waals surface area (Å²) in [6.45, 7) is 9.18. The molecule has 7 aliphatic rings. The molecule has 3 spiro atoms. The van der Waals surface area contributed by atoms with Crippen molar-refractivity contribution in [1.29, 1.82) is 0 Å². The van der Waals surface area contributed by atoms with Crippen LogP contribution >= 0.6 is 0 Å². The molecule has 0 bridgehead atoms. The van der Waals surface area contributed by atoms with Crippen LogP contribution in [0.1, 0.15) is 133 Å². The van der Waals surface area contributed by atoms with Crippen molar-refractivity contribution < 1.29 is 28.7 Å². The zero-order valence-electron chi connectivity index (χ0n) is 42.2. The van der Waals surface area contributed by atoms with Crippen molar-refractivity contribution >= 4 is 35.3 Å². The topological polar surface area (TPSA) is 158 Å². The number of benzene rings is 3. The molecule has 4 atom stereocenters. The van der Waals surface area contributed by atoms with E-state index in [1.807, 2.05) is 49.9 Å². The monoisotopic (exact) mass is 960 g/mol. The molecule has 0 radical (unpaired) electrons. The Balaban J connectivity index is 0.809. The maximum Gasteiger partial charge on any atom is 0.407 e. The van der Waals surface area contributed by atoms with E-state index >= 15 is 0 Å². The molecule has 13 heteroatoms. The highest BCUT2D eigenvalue weighted by molar-refractivity contribution is 6.04. The number of carbonyl (C=O) groups excluding carboxylic acids is 4. The Morgan fingerprint density at radius 3 is 1.75 bits per heavy atom. The molecule has 2 saturated heterocycles. The summed E-state index contributed by atoms with van der Waals surface area (Å²) >= 11 is 0. The van der Waals surface area contributed by atoms with Crippen molar-refractivity contribution in [3.05, 3.63) is 95.6 Å². The molecule has 4 heterocycles. The van der Waals surface area contributed by atoms with Gasteiger partial charge in [-0.2, -0.15) is 0 Å². The van der Waals surface area contributed by atoms with Crippen LogP contribution < -0.4 is 10.6 Å². The van der Waals surface area contributed by atoms with Crippen LogP contribution in [0.3, 0.4) is 0 Å². The molecule has 372 valence electrons. The second-order valence-electron chi connectivity index (χ2n) is 22.9. The number of hydrogen-bond donors (Lipinski definition) is 3. The molecule has 11 rings (SSSR count). The summed E-state index contributed by atoms with van der Waals surface area (Å²) < 4.78 is 9.74. The fourth-order valence-corrected chi connectivity index (χ4v) is 13.2. The summed E-state index contributed by atoms with van der Waals surface area (Å²) in [5, 5.41) is 5.58.